The summed E-state index contributed by atoms with van der Waals surface area (Å²) >= 11 is 0. The van der Waals surface area contributed by atoms with E-state index in [1.165, 1.54) is 20.9 Å². The number of fused-ring (bicyclic) bond motifs is 4. The molecule has 3 heteroatoms. The van der Waals surface area contributed by atoms with Crippen molar-refractivity contribution in [2.75, 3.05) is 0 Å². The Morgan fingerprint density at radius 1 is 0.800 bits per heavy atom. The van der Waals surface area contributed by atoms with Gasteiger partial charge in [-0.2, -0.15) is 0 Å². The molecule has 2 aliphatic rings. The van der Waals surface area contributed by atoms with E-state index >= 15 is 0 Å². The van der Waals surface area contributed by atoms with Crippen LogP contribution in [0.25, 0.3) is 12.2 Å². The predicted molar refractivity (Wildman–Crippen MR) is 89.1 cm³/mol. The first kappa shape index (κ1) is 11.8. The Hall–Kier alpha value is -1.98. The lowest BCUT2D eigenvalue weighted by molar-refractivity contribution is 0.104. The van der Waals surface area contributed by atoms with E-state index in [1.54, 1.807) is 0 Å². The molecule has 0 atom stereocenters. The molecule has 0 saturated carbocycles. The number of allylic oxidation sites excluding steroid dienone is 2. The second kappa shape index (κ2) is 4.01. The van der Waals surface area contributed by atoms with E-state index in [0.29, 0.717) is 0 Å². The van der Waals surface area contributed by atoms with Gasteiger partial charge in [0.2, 0.25) is 0 Å². The van der Waals surface area contributed by atoms with Crippen molar-refractivity contribution in [2.24, 2.45) is 0 Å². The quantitative estimate of drug-likeness (QED) is 0.487. The van der Waals surface area contributed by atoms with Gasteiger partial charge in [-0.15, -0.1) is 0 Å². The molecule has 96 valence electrons. The van der Waals surface area contributed by atoms with Gasteiger partial charge >= 0.3 is 0 Å². The van der Waals surface area contributed by atoms with Gasteiger partial charge in [-0.3, -0.25) is 4.79 Å². The molecule has 0 amide bonds. The van der Waals surface area contributed by atoms with Crippen molar-refractivity contribution in [3.8, 4) is 0 Å². The second-order valence-electron chi connectivity index (χ2n) is 5.50. The third-order valence-corrected chi connectivity index (χ3v) is 7.64. The van der Waals surface area contributed by atoms with E-state index < -0.39 is 0 Å². The van der Waals surface area contributed by atoms with Gasteiger partial charge in [0, 0.05) is 26.0 Å². The summed E-state index contributed by atoms with van der Waals surface area (Å²) in [6.45, 7) is 0. The summed E-state index contributed by atoms with van der Waals surface area (Å²) in [5.74, 6) is 0.264. The monoisotopic (exact) mass is 290 g/mol. The zero-order valence-electron chi connectivity index (χ0n) is 11.5. The normalized spacial score (nSPS) is 15.5. The number of Topliss-reactive ketones (excluding diaryl/α,β-unsaturated/α-hetero) is 1. The van der Waals surface area contributed by atoms with Gasteiger partial charge in [-0.05, 0) is 37.7 Å². The number of carbonyl (C=O) groups excluding carboxylic acids is 1. The van der Waals surface area contributed by atoms with E-state index in [-0.39, 0.29) is 5.78 Å². The number of rotatable bonds is 0. The lowest BCUT2D eigenvalue weighted by atomic mass is 9.96. The van der Waals surface area contributed by atoms with Crippen molar-refractivity contribution >= 4 is 38.4 Å². The molecule has 0 aromatic heterocycles. The molecule has 0 N–H and O–H groups in total. The second-order valence-corrected chi connectivity index (χ2v) is 7.58. The average Bonchev–Trinajstić information content (AvgIpc) is 2.83. The lowest BCUT2D eigenvalue weighted by Crippen LogP contribution is -2.24. The van der Waals surface area contributed by atoms with Crippen LogP contribution in [0.1, 0.15) is 15.9 Å². The average molecular weight is 290 g/mol. The van der Waals surface area contributed by atoms with Gasteiger partial charge in [0.15, 0.2) is 5.78 Å². The van der Waals surface area contributed by atoms with Crippen molar-refractivity contribution in [3.05, 3.63) is 78.8 Å². The van der Waals surface area contributed by atoms with Gasteiger partial charge in [-0.25, -0.2) is 0 Å². The molecule has 0 aliphatic heterocycles. The largest absolute Gasteiger partial charge is 0.289 e. The third kappa shape index (κ3) is 1.45. The summed E-state index contributed by atoms with van der Waals surface area (Å²) in [5, 5.41) is 7.09. The van der Waals surface area contributed by atoms with E-state index in [1.807, 2.05) is 0 Å². The van der Waals surface area contributed by atoms with Gasteiger partial charge in [-0.1, -0.05) is 47.7 Å². The molecule has 0 radical (unpaired) electrons. The molecular formula is C17H14OSi2. The van der Waals surface area contributed by atoms with E-state index in [4.69, 9.17) is 0 Å². The summed E-state index contributed by atoms with van der Waals surface area (Å²) in [6, 6.07) is 12.6. The van der Waals surface area contributed by atoms with Crippen LogP contribution in [0.3, 0.4) is 0 Å². The molecule has 0 saturated heterocycles. The summed E-state index contributed by atoms with van der Waals surface area (Å²) in [7, 11) is 1.79. The predicted octanol–water partition coefficient (Wildman–Crippen LogP) is -0.965. The Morgan fingerprint density at radius 2 is 1.60 bits per heavy atom. The molecule has 4 rings (SSSR count). The number of ketones is 1. The zero-order valence-corrected chi connectivity index (χ0v) is 15.5. The van der Waals surface area contributed by atoms with Crippen LogP contribution in [0.5, 0.6) is 0 Å². The van der Waals surface area contributed by atoms with Crippen molar-refractivity contribution < 1.29 is 4.79 Å². The Morgan fingerprint density at radius 3 is 2.45 bits per heavy atom. The molecule has 0 heterocycles. The van der Waals surface area contributed by atoms with Crippen LogP contribution < -0.4 is 10.4 Å². The van der Waals surface area contributed by atoms with E-state index in [9.17, 15) is 4.79 Å². The molecule has 0 bridgehead atoms. The highest BCUT2D eigenvalue weighted by Crippen LogP contribution is 2.19. The summed E-state index contributed by atoms with van der Waals surface area (Å²) < 4.78 is 0. The topological polar surface area (TPSA) is 17.1 Å². The first-order chi connectivity index (χ1) is 9.66. The summed E-state index contributed by atoms with van der Waals surface area (Å²) in [5.41, 5.74) is 2.04. The minimum Gasteiger partial charge on any atom is -0.289 e. The molecular weight excluding hydrogens is 276 g/mol. The maximum Gasteiger partial charge on any atom is 0.185 e. The minimum atomic E-state index is 0.264. The van der Waals surface area contributed by atoms with Crippen LogP contribution in [0.15, 0.2) is 46.8 Å². The summed E-state index contributed by atoms with van der Waals surface area (Å²) in [6.07, 6.45) is 4.38. The van der Waals surface area contributed by atoms with Crippen molar-refractivity contribution in [3.63, 3.8) is 0 Å². The molecule has 2 aromatic carbocycles. The Labute approximate surface area is 122 Å². The fourth-order valence-electron chi connectivity index (χ4n) is 3.13. The minimum absolute atomic E-state index is 0.264. The van der Waals surface area contributed by atoms with Gasteiger partial charge in [0.25, 0.3) is 0 Å². The lowest BCUT2D eigenvalue weighted by Gasteiger charge is -2.13. The zero-order chi connectivity index (χ0) is 13.9. The highest BCUT2D eigenvalue weighted by atomic mass is 28.2. The van der Waals surface area contributed by atoms with E-state index in [2.05, 4.69) is 48.6 Å². The van der Waals surface area contributed by atoms with Crippen LogP contribution in [0.4, 0.5) is 0 Å². The third-order valence-electron chi connectivity index (χ3n) is 4.36. The van der Waals surface area contributed by atoms with Crippen molar-refractivity contribution in [2.45, 2.75) is 0 Å². The molecule has 0 fully saturated rings. The highest BCUT2D eigenvalue weighted by molar-refractivity contribution is 6.47. The number of hydrogen-bond acceptors (Lipinski definition) is 1. The first-order valence-electron chi connectivity index (χ1n) is 6.85. The smallest absolute Gasteiger partial charge is 0.185 e. The first-order valence-corrected chi connectivity index (χ1v) is 8.85. The number of carbonyl (C=O) groups is 1. The van der Waals surface area contributed by atoms with E-state index in [0.717, 1.165) is 42.0 Å². The fraction of sp³-hybridized carbons (Fsp3) is 0. The Kier molecular flexibility index (Phi) is 2.37. The van der Waals surface area contributed by atoms with Crippen LogP contribution >= 0.6 is 0 Å². The Bertz CT molecular complexity index is 1030. The molecule has 2 aromatic rings. The maximum absolute atomic E-state index is 12.7. The van der Waals surface area contributed by atoms with Gasteiger partial charge in [0.05, 0.1) is 0 Å². The van der Waals surface area contributed by atoms with Crippen LogP contribution in [0.2, 0.25) is 0 Å². The van der Waals surface area contributed by atoms with Crippen LogP contribution in [-0.4, -0.2) is 26.3 Å². The summed E-state index contributed by atoms with van der Waals surface area (Å²) in [4.78, 5) is 12.7. The van der Waals surface area contributed by atoms with Crippen molar-refractivity contribution in [1.29, 1.82) is 0 Å². The van der Waals surface area contributed by atoms with Crippen LogP contribution in [0, 0.1) is 10.4 Å². The number of benzene rings is 2. The van der Waals surface area contributed by atoms with Crippen LogP contribution in [-0.2, 0) is 0 Å². The highest BCUT2D eigenvalue weighted by Gasteiger charge is 2.20. The molecule has 20 heavy (non-hydrogen) atoms. The van der Waals surface area contributed by atoms with Crippen molar-refractivity contribution in [1.82, 2.24) is 0 Å². The molecule has 2 aliphatic carbocycles. The number of hydrogen-bond donors (Lipinski definition) is 0. The maximum atomic E-state index is 12.7. The molecule has 0 spiro atoms. The fourth-order valence-corrected chi connectivity index (χ4v) is 4.06. The molecule has 1 nitrogen and oxygen atoms in total. The molecule has 0 unspecified atom stereocenters. The SMILES string of the molecule is O=C1C([SiH3])=C([SiH3])C=c2ccc3c(c21)C=c1ccccc1=3. The van der Waals surface area contributed by atoms with Gasteiger partial charge < -0.3 is 0 Å². The standard InChI is InChI=1S/C17H14OSi2/c18-16-15-10(8-14(19)17(16)20)5-6-12-11-4-2-1-3-9(11)7-13(12)15/h1-8H,19-20H3. The van der Waals surface area contributed by atoms with Gasteiger partial charge in [0.1, 0.15) is 0 Å². The Balaban J connectivity index is 2.23.